The molecule has 0 spiro atoms. The lowest BCUT2D eigenvalue weighted by atomic mass is 10.1. The predicted octanol–water partition coefficient (Wildman–Crippen LogP) is 6.46. The number of para-hydroxylation sites is 1. The molecule has 10 heteroatoms. The summed E-state index contributed by atoms with van der Waals surface area (Å²) >= 11 is 1.22. The van der Waals surface area contributed by atoms with Gasteiger partial charge in [0.05, 0.1) is 16.9 Å². The maximum Gasteiger partial charge on any atom is 0.416 e. The summed E-state index contributed by atoms with van der Waals surface area (Å²) in [7, 11) is 0. The summed E-state index contributed by atoms with van der Waals surface area (Å²) in [6.07, 6.45) is -4.49. The summed E-state index contributed by atoms with van der Waals surface area (Å²) < 4.78 is 49.5. The van der Waals surface area contributed by atoms with Crippen molar-refractivity contribution < 1.29 is 31.9 Å². The molecule has 4 rings (SSSR count). The molecule has 0 fully saturated rings. The van der Waals surface area contributed by atoms with Crippen LogP contribution in [0.5, 0.6) is 0 Å². The Labute approximate surface area is 196 Å². The number of ether oxygens (including phenoxy) is 1. The minimum absolute atomic E-state index is 0.106. The molecular weight excluding hydrogens is 469 g/mol. The van der Waals surface area contributed by atoms with E-state index in [1.54, 1.807) is 29.6 Å². The Balaban J connectivity index is 1.43. The third-order valence-electron chi connectivity index (χ3n) is 4.69. The van der Waals surface area contributed by atoms with E-state index in [4.69, 9.17) is 9.15 Å². The lowest BCUT2D eigenvalue weighted by Gasteiger charge is -2.17. The number of alkyl halides is 3. The minimum atomic E-state index is -4.49. The van der Waals surface area contributed by atoms with Crippen molar-refractivity contribution in [3.8, 4) is 11.3 Å². The lowest BCUT2D eigenvalue weighted by molar-refractivity contribution is -0.137. The Morgan fingerprint density at radius 2 is 1.82 bits per heavy atom. The Hall–Kier alpha value is -3.92. The summed E-state index contributed by atoms with van der Waals surface area (Å²) in [6, 6.07) is 16.3. The van der Waals surface area contributed by atoms with Crippen molar-refractivity contribution in [1.29, 1.82) is 0 Å². The average Bonchev–Trinajstić information content (AvgIpc) is 3.48. The van der Waals surface area contributed by atoms with Gasteiger partial charge >= 0.3 is 12.1 Å². The van der Waals surface area contributed by atoms with E-state index < -0.39 is 17.7 Å². The first-order valence-corrected chi connectivity index (χ1v) is 10.8. The number of benzene rings is 2. The smallest absolute Gasteiger partial charge is 0.416 e. The van der Waals surface area contributed by atoms with Crippen LogP contribution in [-0.2, 0) is 22.3 Å². The zero-order chi connectivity index (χ0) is 24.3. The number of rotatable bonds is 6. The fourth-order valence-corrected chi connectivity index (χ4v) is 4.00. The third-order valence-corrected chi connectivity index (χ3v) is 5.57. The molecule has 0 bridgehead atoms. The Morgan fingerprint density at radius 1 is 1.06 bits per heavy atom. The van der Waals surface area contributed by atoms with Crippen LogP contribution in [0.2, 0.25) is 0 Å². The van der Waals surface area contributed by atoms with Gasteiger partial charge in [-0.2, -0.15) is 13.2 Å². The number of carbonyl (C=O) groups is 2. The molecule has 2 aromatic carbocycles. The highest BCUT2D eigenvalue weighted by Crippen LogP contribution is 2.33. The Bertz CT molecular complexity index is 1320. The number of anilines is 2. The van der Waals surface area contributed by atoms with Crippen molar-refractivity contribution in [3.63, 3.8) is 0 Å². The second-order valence-electron chi connectivity index (χ2n) is 7.13. The average molecular weight is 486 g/mol. The maximum atomic E-state index is 12.9. The van der Waals surface area contributed by atoms with Gasteiger partial charge < -0.3 is 9.15 Å². The van der Waals surface area contributed by atoms with Crippen LogP contribution < -0.4 is 4.90 Å². The molecule has 0 unspecified atom stereocenters. The number of furan rings is 1. The zero-order valence-electron chi connectivity index (χ0n) is 17.7. The third kappa shape index (κ3) is 5.18. The van der Waals surface area contributed by atoms with Gasteiger partial charge in [-0.25, -0.2) is 9.78 Å². The number of hydrogen-bond donors (Lipinski definition) is 0. The van der Waals surface area contributed by atoms with Crippen LogP contribution in [-0.4, -0.2) is 16.9 Å². The van der Waals surface area contributed by atoms with E-state index in [0.717, 1.165) is 12.1 Å². The Morgan fingerprint density at radius 3 is 2.53 bits per heavy atom. The van der Waals surface area contributed by atoms with Gasteiger partial charge in [0.25, 0.3) is 0 Å². The van der Waals surface area contributed by atoms with Gasteiger partial charge in [0.2, 0.25) is 11.7 Å². The predicted molar refractivity (Wildman–Crippen MR) is 120 cm³/mol. The van der Waals surface area contributed by atoms with Crippen molar-refractivity contribution in [1.82, 2.24) is 4.98 Å². The first-order valence-electron chi connectivity index (χ1n) is 9.97. The van der Waals surface area contributed by atoms with Gasteiger partial charge in [0.1, 0.15) is 12.4 Å². The van der Waals surface area contributed by atoms with Gasteiger partial charge in [-0.1, -0.05) is 30.3 Å². The molecule has 0 aliphatic heterocycles. The molecule has 0 aliphatic carbocycles. The highest BCUT2D eigenvalue weighted by molar-refractivity contribution is 7.14. The summed E-state index contributed by atoms with van der Waals surface area (Å²) in [6.45, 7) is 1.25. The highest BCUT2D eigenvalue weighted by Gasteiger charge is 2.30. The lowest BCUT2D eigenvalue weighted by Crippen LogP contribution is -2.22. The van der Waals surface area contributed by atoms with Crippen molar-refractivity contribution in [2.75, 3.05) is 4.90 Å². The molecule has 1 amide bonds. The highest BCUT2D eigenvalue weighted by atomic mass is 32.1. The second-order valence-corrected chi connectivity index (χ2v) is 7.97. The van der Waals surface area contributed by atoms with Crippen molar-refractivity contribution >= 4 is 34.0 Å². The summed E-state index contributed by atoms with van der Waals surface area (Å²) in [4.78, 5) is 30.3. The molecule has 2 aromatic heterocycles. The molecule has 0 aliphatic rings. The van der Waals surface area contributed by atoms with Crippen LogP contribution >= 0.6 is 11.3 Å². The summed E-state index contributed by atoms with van der Waals surface area (Å²) in [5.41, 5.74) is 0.453. The molecule has 0 atom stereocenters. The minimum Gasteiger partial charge on any atom is -0.453 e. The number of carbonyl (C=O) groups excluding carboxylic acids is 2. The number of amides is 1. The van der Waals surface area contributed by atoms with E-state index in [1.807, 2.05) is 6.07 Å². The molecule has 6 nitrogen and oxygen atoms in total. The van der Waals surface area contributed by atoms with Crippen LogP contribution in [0.3, 0.4) is 0 Å². The fourth-order valence-electron chi connectivity index (χ4n) is 3.13. The van der Waals surface area contributed by atoms with E-state index in [2.05, 4.69) is 4.98 Å². The van der Waals surface area contributed by atoms with Crippen LogP contribution in [0.4, 0.5) is 24.0 Å². The second kappa shape index (κ2) is 9.52. The maximum absolute atomic E-state index is 12.9. The molecular formula is C24H17F3N2O4S. The summed E-state index contributed by atoms with van der Waals surface area (Å²) in [5.74, 6) is -1.06. The van der Waals surface area contributed by atoms with Crippen LogP contribution in [0.25, 0.3) is 11.3 Å². The molecule has 0 saturated heterocycles. The number of aromatic nitrogens is 1. The number of thiazole rings is 1. The van der Waals surface area contributed by atoms with Crippen LogP contribution in [0.1, 0.15) is 28.7 Å². The van der Waals surface area contributed by atoms with Gasteiger partial charge in [-0.3, -0.25) is 9.69 Å². The van der Waals surface area contributed by atoms with Gasteiger partial charge in [-0.15, -0.1) is 11.3 Å². The Kier molecular flexibility index (Phi) is 6.51. The SMILES string of the molecule is CC(=O)N(c1ccccc1)c1nc(COC(=O)c2ccc(-c3cccc(C(F)(F)F)c3)o2)cs1. The van der Waals surface area contributed by atoms with Crippen LogP contribution in [0, 0.1) is 0 Å². The summed E-state index contributed by atoms with van der Waals surface area (Å²) in [5, 5.41) is 2.09. The monoisotopic (exact) mass is 486 g/mol. The molecule has 0 saturated carbocycles. The largest absolute Gasteiger partial charge is 0.453 e. The van der Waals surface area contributed by atoms with Crippen molar-refractivity contribution in [2.45, 2.75) is 19.7 Å². The molecule has 34 heavy (non-hydrogen) atoms. The topological polar surface area (TPSA) is 72.6 Å². The van der Waals surface area contributed by atoms with E-state index in [0.29, 0.717) is 16.5 Å². The first-order chi connectivity index (χ1) is 16.2. The first kappa shape index (κ1) is 23.2. The zero-order valence-corrected chi connectivity index (χ0v) is 18.5. The molecule has 0 N–H and O–H groups in total. The van der Waals surface area contributed by atoms with Crippen LogP contribution in [0.15, 0.2) is 76.5 Å². The number of esters is 1. The molecule has 174 valence electrons. The van der Waals surface area contributed by atoms with Gasteiger partial charge in [0, 0.05) is 17.9 Å². The van der Waals surface area contributed by atoms with E-state index in [1.165, 1.54) is 47.4 Å². The molecule has 4 aromatic rings. The van der Waals surface area contributed by atoms with E-state index in [-0.39, 0.29) is 29.6 Å². The van der Waals surface area contributed by atoms with Crippen molar-refractivity contribution in [2.24, 2.45) is 0 Å². The number of halogens is 3. The van der Waals surface area contributed by atoms with Gasteiger partial charge in [-0.05, 0) is 36.4 Å². The molecule has 2 heterocycles. The molecule has 0 radical (unpaired) electrons. The van der Waals surface area contributed by atoms with E-state index in [9.17, 15) is 22.8 Å². The number of nitrogens with zero attached hydrogens (tertiary/aromatic N) is 2. The fraction of sp³-hybridized carbons (Fsp3) is 0.125. The normalized spacial score (nSPS) is 11.3. The van der Waals surface area contributed by atoms with Crippen molar-refractivity contribution in [3.05, 3.63) is 89.1 Å². The standard InChI is InChI=1S/C24H17F3N2O4S/c1-15(30)29(19-8-3-2-4-9-19)23-28-18(14-34-23)13-32-22(31)21-11-10-20(33-21)16-6-5-7-17(12-16)24(25,26)27/h2-12,14H,13H2,1H3. The van der Waals surface area contributed by atoms with Gasteiger partial charge in [0.15, 0.2) is 5.13 Å². The quantitative estimate of drug-likeness (QED) is 0.292. The number of hydrogen-bond acceptors (Lipinski definition) is 6. The van der Waals surface area contributed by atoms with E-state index >= 15 is 0 Å².